The standard InChI is InChI=1S/C25H35N5O.HI/c1-2-26-25(28-18-21-13-17-31-24(21)20-8-4-3-5-9-20)29-22-11-15-30(16-12-22)19-23-10-6-7-14-27-23;/h3-10,14,21-22,24H,2,11-13,15-19H2,1H3,(H2,26,28,29);1H. The fraction of sp³-hybridized carbons (Fsp3) is 0.520. The molecule has 2 atom stereocenters. The van der Waals surface area contributed by atoms with E-state index in [-0.39, 0.29) is 30.1 Å². The summed E-state index contributed by atoms with van der Waals surface area (Å²) in [6, 6.07) is 17.2. The molecule has 1 aromatic heterocycles. The van der Waals surface area contributed by atoms with Crippen molar-refractivity contribution in [2.24, 2.45) is 10.9 Å². The van der Waals surface area contributed by atoms with E-state index in [1.165, 1.54) is 5.56 Å². The van der Waals surface area contributed by atoms with Crippen molar-refractivity contribution in [1.82, 2.24) is 20.5 Å². The number of pyridine rings is 1. The zero-order chi connectivity index (χ0) is 21.3. The molecule has 2 saturated heterocycles. The smallest absolute Gasteiger partial charge is 0.191 e. The molecular weight excluding hydrogens is 513 g/mol. The summed E-state index contributed by atoms with van der Waals surface area (Å²) in [6.07, 6.45) is 5.34. The fourth-order valence-corrected chi connectivity index (χ4v) is 4.51. The molecule has 2 N–H and O–H groups in total. The first-order chi connectivity index (χ1) is 15.3. The molecule has 2 unspecified atom stereocenters. The number of hydrogen-bond donors (Lipinski definition) is 2. The summed E-state index contributed by atoms with van der Waals surface area (Å²) in [7, 11) is 0. The molecule has 2 aliphatic heterocycles. The number of guanidine groups is 1. The van der Waals surface area contributed by atoms with Gasteiger partial charge < -0.3 is 15.4 Å². The van der Waals surface area contributed by atoms with Crippen molar-refractivity contribution in [1.29, 1.82) is 0 Å². The van der Waals surface area contributed by atoms with Crippen LogP contribution in [0.5, 0.6) is 0 Å². The summed E-state index contributed by atoms with van der Waals surface area (Å²) >= 11 is 0. The summed E-state index contributed by atoms with van der Waals surface area (Å²) in [5, 5.41) is 7.11. The first kappa shape index (κ1) is 24.9. The molecule has 0 saturated carbocycles. The Labute approximate surface area is 209 Å². The van der Waals surface area contributed by atoms with Crippen LogP contribution in [0.3, 0.4) is 0 Å². The molecular formula is C25H36IN5O. The van der Waals surface area contributed by atoms with Crippen LogP contribution in [-0.2, 0) is 11.3 Å². The Hall–Kier alpha value is -1.71. The molecule has 4 rings (SSSR count). The number of halogens is 1. The third-order valence-electron chi connectivity index (χ3n) is 6.21. The molecule has 3 heterocycles. The van der Waals surface area contributed by atoms with Crippen LogP contribution in [0.4, 0.5) is 0 Å². The average Bonchev–Trinajstić information content (AvgIpc) is 3.29. The summed E-state index contributed by atoms with van der Waals surface area (Å²) < 4.78 is 6.03. The summed E-state index contributed by atoms with van der Waals surface area (Å²) in [6.45, 7) is 7.70. The van der Waals surface area contributed by atoms with Crippen LogP contribution in [0.1, 0.15) is 43.5 Å². The van der Waals surface area contributed by atoms with Crippen molar-refractivity contribution in [2.45, 2.75) is 44.9 Å². The van der Waals surface area contributed by atoms with E-state index in [0.717, 1.165) is 70.2 Å². The highest BCUT2D eigenvalue weighted by Gasteiger charge is 2.29. The zero-order valence-corrected chi connectivity index (χ0v) is 21.3. The molecule has 1 aromatic carbocycles. The van der Waals surface area contributed by atoms with Gasteiger partial charge in [0.25, 0.3) is 0 Å². The molecule has 0 radical (unpaired) electrons. The lowest BCUT2D eigenvalue weighted by Crippen LogP contribution is -2.48. The van der Waals surface area contributed by atoms with E-state index in [0.29, 0.717) is 12.0 Å². The van der Waals surface area contributed by atoms with Gasteiger partial charge in [-0.3, -0.25) is 14.9 Å². The first-order valence-electron chi connectivity index (χ1n) is 11.7. The molecule has 174 valence electrons. The second-order valence-corrected chi connectivity index (χ2v) is 8.49. The molecule has 0 aliphatic carbocycles. The Balaban J connectivity index is 0.00000289. The van der Waals surface area contributed by atoms with Crippen LogP contribution < -0.4 is 10.6 Å². The van der Waals surface area contributed by atoms with E-state index in [9.17, 15) is 0 Å². The fourth-order valence-electron chi connectivity index (χ4n) is 4.51. The highest BCUT2D eigenvalue weighted by atomic mass is 127. The van der Waals surface area contributed by atoms with E-state index in [1.54, 1.807) is 0 Å². The Morgan fingerprint density at radius 3 is 2.59 bits per heavy atom. The second-order valence-electron chi connectivity index (χ2n) is 8.49. The zero-order valence-electron chi connectivity index (χ0n) is 19.0. The van der Waals surface area contributed by atoms with Gasteiger partial charge in [-0.2, -0.15) is 0 Å². The molecule has 7 heteroatoms. The lowest BCUT2D eigenvalue weighted by molar-refractivity contribution is 0.0925. The number of nitrogens with one attached hydrogen (secondary N) is 2. The van der Waals surface area contributed by atoms with Crippen LogP contribution >= 0.6 is 24.0 Å². The van der Waals surface area contributed by atoms with Gasteiger partial charge in [-0.05, 0) is 43.9 Å². The lowest BCUT2D eigenvalue weighted by atomic mass is 9.95. The van der Waals surface area contributed by atoms with Gasteiger partial charge in [-0.15, -0.1) is 24.0 Å². The van der Waals surface area contributed by atoms with Crippen molar-refractivity contribution in [3.8, 4) is 0 Å². The number of piperidine rings is 1. The molecule has 2 fully saturated rings. The largest absolute Gasteiger partial charge is 0.373 e. The van der Waals surface area contributed by atoms with Crippen molar-refractivity contribution in [3.63, 3.8) is 0 Å². The van der Waals surface area contributed by atoms with E-state index in [4.69, 9.17) is 9.73 Å². The van der Waals surface area contributed by atoms with Gasteiger partial charge in [0.2, 0.25) is 0 Å². The predicted molar refractivity (Wildman–Crippen MR) is 140 cm³/mol. The van der Waals surface area contributed by atoms with Crippen LogP contribution in [0.2, 0.25) is 0 Å². The number of aliphatic imine (C=N–C) groups is 1. The number of ether oxygens (including phenoxy) is 1. The van der Waals surface area contributed by atoms with Crippen molar-refractivity contribution in [3.05, 3.63) is 66.0 Å². The highest BCUT2D eigenvalue weighted by Crippen LogP contribution is 2.34. The maximum absolute atomic E-state index is 6.03. The maximum Gasteiger partial charge on any atom is 0.191 e. The Morgan fingerprint density at radius 2 is 1.88 bits per heavy atom. The van der Waals surface area contributed by atoms with Gasteiger partial charge in [0, 0.05) is 57.5 Å². The number of nitrogens with zero attached hydrogens (tertiary/aromatic N) is 3. The van der Waals surface area contributed by atoms with Gasteiger partial charge in [0.1, 0.15) is 0 Å². The van der Waals surface area contributed by atoms with E-state index in [1.807, 2.05) is 12.3 Å². The monoisotopic (exact) mass is 549 g/mol. The average molecular weight is 550 g/mol. The van der Waals surface area contributed by atoms with Crippen LogP contribution in [0, 0.1) is 5.92 Å². The Bertz CT molecular complexity index is 812. The minimum absolute atomic E-state index is 0. The molecule has 2 aliphatic rings. The predicted octanol–water partition coefficient (Wildman–Crippen LogP) is 4.00. The summed E-state index contributed by atoms with van der Waals surface area (Å²) in [5.74, 6) is 1.36. The number of benzene rings is 1. The normalized spacial score (nSPS) is 22.3. The highest BCUT2D eigenvalue weighted by molar-refractivity contribution is 14.0. The Kier molecular flexibility index (Phi) is 10.2. The quantitative estimate of drug-likeness (QED) is 0.311. The minimum atomic E-state index is 0. The third-order valence-corrected chi connectivity index (χ3v) is 6.21. The molecule has 0 amide bonds. The van der Waals surface area contributed by atoms with E-state index in [2.05, 4.69) is 69.9 Å². The van der Waals surface area contributed by atoms with Gasteiger partial charge in [0.05, 0.1) is 11.8 Å². The van der Waals surface area contributed by atoms with E-state index >= 15 is 0 Å². The molecule has 2 aromatic rings. The van der Waals surface area contributed by atoms with Crippen molar-refractivity contribution < 1.29 is 4.74 Å². The van der Waals surface area contributed by atoms with Crippen molar-refractivity contribution >= 4 is 29.9 Å². The second kappa shape index (κ2) is 13.1. The number of hydrogen-bond acceptors (Lipinski definition) is 4. The number of likely N-dealkylation sites (tertiary alicyclic amines) is 1. The van der Waals surface area contributed by atoms with Gasteiger partial charge in [-0.25, -0.2) is 0 Å². The van der Waals surface area contributed by atoms with E-state index < -0.39 is 0 Å². The maximum atomic E-state index is 6.03. The topological polar surface area (TPSA) is 61.8 Å². The number of aromatic nitrogens is 1. The van der Waals surface area contributed by atoms with Gasteiger partial charge >= 0.3 is 0 Å². The van der Waals surface area contributed by atoms with Crippen LogP contribution in [-0.4, -0.2) is 54.7 Å². The Morgan fingerprint density at radius 1 is 1.09 bits per heavy atom. The number of rotatable bonds is 7. The van der Waals surface area contributed by atoms with Crippen LogP contribution in [0.15, 0.2) is 59.7 Å². The third kappa shape index (κ3) is 7.15. The SMILES string of the molecule is CCNC(=NCC1CCOC1c1ccccc1)NC1CCN(Cc2ccccn2)CC1.I. The van der Waals surface area contributed by atoms with Crippen LogP contribution in [0.25, 0.3) is 0 Å². The molecule has 0 bridgehead atoms. The molecule has 6 nitrogen and oxygen atoms in total. The minimum Gasteiger partial charge on any atom is -0.373 e. The van der Waals surface area contributed by atoms with Gasteiger partial charge in [0.15, 0.2) is 5.96 Å². The van der Waals surface area contributed by atoms with Crippen molar-refractivity contribution in [2.75, 3.05) is 32.8 Å². The summed E-state index contributed by atoms with van der Waals surface area (Å²) in [5.41, 5.74) is 2.41. The van der Waals surface area contributed by atoms with Gasteiger partial charge in [-0.1, -0.05) is 36.4 Å². The first-order valence-corrected chi connectivity index (χ1v) is 11.7. The lowest BCUT2D eigenvalue weighted by Gasteiger charge is -2.33. The molecule has 32 heavy (non-hydrogen) atoms. The summed E-state index contributed by atoms with van der Waals surface area (Å²) in [4.78, 5) is 11.9. The molecule has 0 spiro atoms.